The van der Waals surface area contributed by atoms with E-state index in [1.54, 1.807) is 30.5 Å². The maximum absolute atomic E-state index is 10.5. The van der Waals surface area contributed by atoms with Crippen molar-refractivity contribution >= 4 is 6.21 Å². The SMILES string of the molecule is CC.CC.CC.O=[N+]([O-])C1C=CC(NN=CC2C=CC(O)C=C2)C=C1. The molecule has 0 spiro atoms. The molecule has 142 valence electrons. The quantitative estimate of drug-likeness (QED) is 0.348. The van der Waals surface area contributed by atoms with Crippen molar-refractivity contribution in [3.05, 3.63) is 58.7 Å². The molecule has 0 aromatic carbocycles. The molecule has 0 aromatic rings. The Balaban J connectivity index is 0. The van der Waals surface area contributed by atoms with E-state index in [2.05, 4.69) is 10.5 Å². The van der Waals surface area contributed by atoms with Crippen LogP contribution in [0.5, 0.6) is 0 Å². The van der Waals surface area contributed by atoms with Crippen molar-refractivity contribution in [2.45, 2.75) is 59.7 Å². The van der Waals surface area contributed by atoms with Gasteiger partial charge < -0.3 is 5.11 Å². The molecule has 0 saturated carbocycles. The number of aliphatic hydroxyl groups excluding tert-OH is 1. The molecule has 2 N–H and O–H groups in total. The van der Waals surface area contributed by atoms with Crippen LogP contribution in [0.15, 0.2) is 53.7 Å². The Hall–Kier alpha value is -2.21. The average Bonchev–Trinajstić information content (AvgIpc) is 2.68. The normalized spacial score (nSPS) is 25.7. The summed E-state index contributed by atoms with van der Waals surface area (Å²) in [5.41, 5.74) is 2.88. The lowest BCUT2D eigenvalue weighted by atomic mass is 10.0. The largest absolute Gasteiger partial charge is 0.385 e. The van der Waals surface area contributed by atoms with E-state index in [1.165, 1.54) is 12.2 Å². The predicted molar refractivity (Wildman–Crippen MR) is 106 cm³/mol. The molecular formula is C19H33N3O3. The van der Waals surface area contributed by atoms with E-state index < -0.39 is 12.1 Å². The van der Waals surface area contributed by atoms with Gasteiger partial charge >= 0.3 is 0 Å². The number of nitrogens with one attached hydrogen (secondary N) is 1. The van der Waals surface area contributed by atoms with Crippen molar-refractivity contribution in [3.8, 4) is 0 Å². The fraction of sp³-hybridized carbons (Fsp3) is 0.526. The highest BCUT2D eigenvalue weighted by Gasteiger charge is 2.16. The molecule has 0 aromatic heterocycles. The molecule has 25 heavy (non-hydrogen) atoms. The van der Waals surface area contributed by atoms with E-state index in [1.807, 2.05) is 53.7 Å². The predicted octanol–water partition coefficient (Wildman–Crippen LogP) is 3.88. The number of hydrazone groups is 1. The molecule has 0 aliphatic heterocycles. The van der Waals surface area contributed by atoms with E-state index in [-0.39, 0.29) is 16.9 Å². The van der Waals surface area contributed by atoms with Crippen LogP contribution < -0.4 is 5.43 Å². The molecule has 2 rings (SSSR count). The van der Waals surface area contributed by atoms with E-state index in [0.29, 0.717) is 0 Å². The third kappa shape index (κ3) is 11.1. The number of hydrogen-bond acceptors (Lipinski definition) is 5. The summed E-state index contributed by atoms with van der Waals surface area (Å²) in [4.78, 5) is 10.2. The molecular weight excluding hydrogens is 318 g/mol. The van der Waals surface area contributed by atoms with Crippen molar-refractivity contribution < 1.29 is 10.0 Å². The number of nitrogens with zero attached hydrogens (tertiary/aromatic N) is 2. The van der Waals surface area contributed by atoms with Gasteiger partial charge in [-0.15, -0.1) is 0 Å². The molecule has 0 unspecified atom stereocenters. The Morgan fingerprint density at radius 2 is 1.40 bits per heavy atom. The summed E-state index contributed by atoms with van der Waals surface area (Å²) in [6, 6.07) is -0.873. The van der Waals surface area contributed by atoms with Crippen molar-refractivity contribution in [1.29, 1.82) is 0 Å². The summed E-state index contributed by atoms with van der Waals surface area (Å²) in [6.07, 6.45) is 14.8. The van der Waals surface area contributed by atoms with Gasteiger partial charge in [0.15, 0.2) is 0 Å². The first-order valence-corrected chi connectivity index (χ1v) is 8.99. The number of rotatable bonds is 4. The number of hydrogen-bond donors (Lipinski definition) is 2. The highest BCUT2D eigenvalue weighted by atomic mass is 16.6. The van der Waals surface area contributed by atoms with Crippen LogP contribution in [0, 0.1) is 16.0 Å². The Kier molecular flexibility index (Phi) is 16.7. The van der Waals surface area contributed by atoms with Gasteiger partial charge in [0.1, 0.15) is 0 Å². The van der Waals surface area contributed by atoms with E-state index in [9.17, 15) is 15.2 Å². The molecule has 0 amide bonds. The van der Waals surface area contributed by atoms with Gasteiger partial charge in [-0.3, -0.25) is 15.5 Å². The minimum atomic E-state index is -0.743. The minimum absolute atomic E-state index is 0.0546. The summed E-state index contributed by atoms with van der Waals surface area (Å²) in [5, 5.41) is 23.8. The van der Waals surface area contributed by atoms with Crippen molar-refractivity contribution in [2.75, 3.05) is 0 Å². The number of allylic oxidation sites excluding steroid dienone is 2. The second-order valence-electron chi connectivity index (χ2n) is 4.32. The maximum Gasteiger partial charge on any atom is 0.249 e. The van der Waals surface area contributed by atoms with E-state index in [0.717, 1.165) is 0 Å². The molecule has 6 nitrogen and oxygen atoms in total. The molecule has 6 heteroatoms. The zero-order chi connectivity index (χ0) is 19.7. The van der Waals surface area contributed by atoms with Gasteiger partial charge in [-0.1, -0.05) is 78.0 Å². The van der Waals surface area contributed by atoms with E-state index >= 15 is 0 Å². The standard InChI is InChI=1S/C13H15N3O3.3C2H6/c17-13-7-1-10(2-8-13)9-14-15-11-3-5-12(6-4-11)16(18)19;3*1-2/h1-13,15,17H;3*1-2H3. The first-order chi connectivity index (χ1) is 12.1. The first-order valence-electron chi connectivity index (χ1n) is 8.99. The van der Waals surface area contributed by atoms with Crippen LogP contribution in [-0.2, 0) is 0 Å². The number of aliphatic hydroxyl groups is 1. The number of nitro groups is 1. The molecule has 0 bridgehead atoms. The minimum Gasteiger partial charge on any atom is -0.385 e. The van der Waals surface area contributed by atoms with Gasteiger partial charge in [0.25, 0.3) is 0 Å². The second kappa shape index (κ2) is 16.6. The van der Waals surface area contributed by atoms with Gasteiger partial charge in [0.05, 0.1) is 12.1 Å². The molecule has 0 fully saturated rings. The fourth-order valence-electron chi connectivity index (χ4n) is 1.75. The molecule has 2 aliphatic rings. The smallest absolute Gasteiger partial charge is 0.249 e. The van der Waals surface area contributed by atoms with Crippen LogP contribution in [0.1, 0.15) is 41.5 Å². The zero-order valence-corrected chi connectivity index (χ0v) is 16.2. The lowest BCUT2D eigenvalue weighted by Gasteiger charge is -2.13. The first kappa shape index (κ1) is 25.0. The molecule has 2 aliphatic carbocycles. The highest BCUT2D eigenvalue weighted by molar-refractivity contribution is 5.66. The summed E-state index contributed by atoms with van der Waals surface area (Å²) >= 11 is 0. The van der Waals surface area contributed by atoms with Crippen LogP contribution in [0.2, 0.25) is 0 Å². The Morgan fingerprint density at radius 3 is 1.84 bits per heavy atom. The lowest BCUT2D eigenvalue weighted by Crippen LogP contribution is -2.26. The Bertz CT molecular complexity index is 454. The summed E-state index contributed by atoms with van der Waals surface area (Å²) in [7, 11) is 0. The van der Waals surface area contributed by atoms with Crippen LogP contribution in [0.4, 0.5) is 0 Å². The van der Waals surface area contributed by atoms with Crippen LogP contribution >= 0.6 is 0 Å². The van der Waals surface area contributed by atoms with Crippen LogP contribution in [-0.4, -0.2) is 34.4 Å². The summed E-state index contributed by atoms with van der Waals surface area (Å²) in [6.45, 7) is 12.0. The fourth-order valence-corrected chi connectivity index (χ4v) is 1.75. The lowest BCUT2D eigenvalue weighted by molar-refractivity contribution is -0.496. The average molecular weight is 351 g/mol. The summed E-state index contributed by atoms with van der Waals surface area (Å²) in [5.74, 6) is 0.0546. The topological polar surface area (TPSA) is 87.8 Å². The van der Waals surface area contributed by atoms with Crippen molar-refractivity contribution in [1.82, 2.24) is 5.43 Å². The summed E-state index contributed by atoms with van der Waals surface area (Å²) < 4.78 is 0. The molecule has 0 radical (unpaired) electrons. The maximum atomic E-state index is 10.5. The van der Waals surface area contributed by atoms with Crippen LogP contribution in [0.3, 0.4) is 0 Å². The highest BCUT2D eigenvalue weighted by Crippen LogP contribution is 2.08. The van der Waals surface area contributed by atoms with E-state index in [4.69, 9.17) is 0 Å². The Labute approximate surface area is 151 Å². The van der Waals surface area contributed by atoms with Crippen molar-refractivity contribution in [3.63, 3.8) is 0 Å². The van der Waals surface area contributed by atoms with Gasteiger partial charge in [-0.25, -0.2) is 0 Å². The van der Waals surface area contributed by atoms with Crippen LogP contribution in [0.25, 0.3) is 0 Å². The third-order valence-corrected chi connectivity index (χ3v) is 2.81. The second-order valence-corrected chi connectivity index (χ2v) is 4.32. The Morgan fingerprint density at radius 1 is 0.920 bits per heavy atom. The van der Waals surface area contributed by atoms with Gasteiger partial charge in [-0.05, 0) is 12.2 Å². The van der Waals surface area contributed by atoms with Gasteiger partial charge in [0.2, 0.25) is 6.04 Å². The molecule has 0 atom stereocenters. The van der Waals surface area contributed by atoms with Crippen molar-refractivity contribution in [2.24, 2.45) is 11.0 Å². The molecule has 0 saturated heterocycles. The zero-order valence-electron chi connectivity index (χ0n) is 16.2. The van der Waals surface area contributed by atoms with Gasteiger partial charge in [-0.2, -0.15) is 5.10 Å². The monoisotopic (exact) mass is 351 g/mol. The van der Waals surface area contributed by atoms with Gasteiger partial charge in [0, 0.05) is 17.1 Å². The third-order valence-electron chi connectivity index (χ3n) is 2.81. The molecule has 0 heterocycles.